The molecule has 0 fully saturated rings. The van der Waals surface area contributed by atoms with Crippen molar-refractivity contribution in [2.45, 2.75) is 18.9 Å². The van der Waals surface area contributed by atoms with Gasteiger partial charge in [0.15, 0.2) is 11.6 Å². The third kappa shape index (κ3) is 2.90. The molecular weight excluding hydrogens is 243 g/mol. The van der Waals surface area contributed by atoms with Crippen LogP contribution in [0.3, 0.4) is 0 Å². The van der Waals surface area contributed by atoms with Gasteiger partial charge < -0.3 is 10.5 Å². The van der Waals surface area contributed by atoms with Crippen LogP contribution in [0.5, 0.6) is 5.75 Å². The third-order valence-corrected chi connectivity index (χ3v) is 3.33. The van der Waals surface area contributed by atoms with Crippen molar-refractivity contribution in [1.29, 1.82) is 0 Å². The Morgan fingerprint density at radius 1 is 1.16 bits per heavy atom. The van der Waals surface area contributed by atoms with Crippen molar-refractivity contribution in [1.82, 2.24) is 4.98 Å². The molecule has 4 heteroatoms. The van der Waals surface area contributed by atoms with Crippen molar-refractivity contribution in [2.24, 2.45) is 5.73 Å². The van der Waals surface area contributed by atoms with Crippen molar-refractivity contribution in [3.63, 3.8) is 0 Å². The summed E-state index contributed by atoms with van der Waals surface area (Å²) in [7, 11) is 1.44. The minimum Gasteiger partial charge on any atom is -0.494 e. The van der Waals surface area contributed by atoms with Gasteiger partial charge >= 0.3 is 0 Å². The van der Waals surface area contributed by atoms with Crippen LogP contribution in [0.15, 0.2) is 42.7 Å². The van der Waals surface area contributed by atoms with E-state index in [-0.39, 0.29) is 17.7 Å². The Morgan fingerprint density at radius 3 is 2.42 bits per heavy atom. The molecule has 2 rings (SSSR count). The number of nitrogens with two attached hydrogens (primary N) is 1. The molecule has 0 aliphatic carbocycles. The predicted octanol–water partition coefficient (Wildman–Crippen LogP) is 3.03. The summed E-state index contributed by atoms with van der Waals surface area (Å²) < 4.78 is 18.6. The van der Waals surface area contributed by atoms with E-state index < -0.39 is 5.82 Å². The molecule has 0 bridgehead atoms. The van der Waals surface area contributed by atoms with Gasteiger partial charge in [0.05, 0.1) is 7.11 Å². The number of hydrogen-bond donors (Lipinski definition) is 1. The van der Waals surface area contributed by atoms with E-state index in [0.29, 0.717) is 0 Å². The Morgan fingerprint density at radius 2 is 1.84 bits per heavy atom. The Kier molecular flexibility index (Phi) is 4.12. The zero-order valence-electron chi connectivity index (χ0n) is 11.0. The van der Waals surface area contributed by atoms with Gasteiger partial charge in [-0.3, -0.25) is 4.98 Å². The van der Waals surface area contributed by atoms with E-state index in [2.05, 4.69) is 4.98 Å². The highest BCUT2D eigenvalue weighted by Gasteiger charge is 2.18. The smallest absolute Gasteiger partial charge is 0.165 e. The first-order valence-corrected chi connectivity index (χ1v) is 6.12. The average molecular weight is 260 g/mol. The van der Waals surface area contributed by atoms with Crippen LogP contribution < -0.4 is 10.5 Å². The van der Waals surface area contributed by atoms with Gasteiger partial charge in [-0.15, -0.1) is 0 Å². The molecule has 0 amide bonds. The molecule has 1 heterocycles. The van der Waals surface area contributed by atoms with Crippen LogP contribution >= 0.6 is 0 Å². The molecule has 0 saturated heterocycles. The molecule has 1 aromatic carbocycles. The maximum atomic E-state index is 13.7. The van der Waals surface area contributed by atoms with Crippen LogP contribution in [0.25, 0.3) is 0 Å². The number of rotatable bonds is 4. The first kappa shape index (κ1) is 13.5. The molecule has 100 valence electrons. The van der Waals surface area contributed by atoms with Gasteiger partial charge in [0.1, 0.15) is 0 Å². The van der Waals surface area contributed by atoms with Gasteiger partial charge in [0.2, 0.25) is 0 Å². The lowest BCUT2D eigenvalue weighted by Gasteiger charge is -2.21. The van der Waals surface area contributed by atoms with Crippen LogP contribution in [0, 0.1) is 5.82 Å². The summed E-state index contributed by atoms with van der Waals surface area (Å²) in [6, 6.07) is 8.40. The second kappa shape index (κ2) is 5.80. The van der Waals surface area contributed by atoms with Crippen molar-refractivity contribution in [3.8, 4) is 5.75 Å². The van der Waals surface area contributed by atoms with E-state index in [1.165, 1.54) is 13.2 Å². The first-order chi connectivity index (χ1) is 9.13. The summed E-state index contributed by atoms with van der Waals surface area (Å²) in [4.78, 5) is 3.98. The van der Waals surface area contributed by atoms with Gasteiger partial charge in [-0.25, -0.2) is 4.39 Å². The lowest BCUT2D eigenvalue weighted by Crippen LogP contribution is -2.18. The monoisotopic (exact) mass is 260 g/mol. The van der Waals surface area contributed by atoms with Gasteiger partial charge in [-0.2, -0.15) is 0 Å². The summed E-state index contributed by atoms with van der Waals surface area (Å²) in [5, 5.41) is 0. The number of halogens is 1. The van der Waals surface area contributed by atoms with E-state index in [4.69, 9.17) is 10.5 Å². The summed E-state index contributed by atoms with van der Waals surface area (Å²) in [5.41, 5.74) is 8.04. The molecule has 2 unspecified atom stereocenters. The fraction of sp³-hybridized carbons (Fsp3) is 0.267. The van der Waals surface area contributed by atoms with E-state index in [9.17, 15) is 4.39 Å². The molecule has 19 heavy (non-hydrogen) atoms. The Balaban J connectivity index is 2.24. The van der Waals surface area contributed by atoms with Crippen LogP contribution in [0.2, 0.25) is 0 Å². The van der Waals surface area contributed by atoms with Gasteiger partial charge in [0, 0.05) is 24.4 Å². The molecule has 2 N–H and O–H groups in total. The van der Waals surface area contributed by atoms with Crippen molar-refractivity contribution >= 4 is 0 Å². The Bertz CT molecular complexity index is 545. The predicted molar refractivity (Wildman–Crippen MR) is 72.5 cm³/mol. The summed E-state index contributed by atoms with van der Waals surface area (Å²) >= 11 is 0. The zero-order chi connectivity index (χ0) is 13.8. The summed E-state index contributed by atoms with van der Waals surface area (Å²) in [6.07, 6.45) is 3.46. The van der Waals surface area contributed by atoms with Gasteiger partial charge in [0.25, 0.3) is 0 Å². The highest BCUT2D eigenvalue weighted by atomic mass is 19.1. The second-order valence-electron chi connectivity index (χ2n) is 4.49. The zero-order valence-corrected chi connectivity index (χ0v) is 11.0. The van der Waals surface area contributed by atoms with Crippen LogP contribution in [-0.4, -0.2) is 12.1 Å². The Hall–Kier alpha value is -1.94. The number of aromatic nitrogens is 1. The molecular formula is C15H17FN2O. The van der Waals surface area contributed by atoms with Gasteiger partial charge in [-0.1, -0.05) is 13.0 Å². The molecule has 2 aromatic rings. The minimum atomic E-state index is -0.391. The highest BCUT2D eigenvalue weighted by molar-refractivity contribution is 5.33. The molecule has 0 radical (unpaired) electrons. The molecule has 2 atom stereocenters. The number of benzene rings is 1. The molecule has 1 aromatic heterocycles. The average Bonchev–Trinajstić information content (AvgIpc) is 2.46. The molecule has 0 spiro atoms. The van der Waals surface area contributed by atoms with Crippen molar-refractivity contribution in [3.05, 3.63) is 59.7 Å². The van der Waals surface area contributed by atoms with Crippen molar-refractivity contribution in [2.75, 3.05) is 7.11 Å². The van der Waals surface area contributed by atoms with Crippen LogP contribution in [-0.2, 0) is 0 Å². The van der Waals surface area contributed by atoms with E-state index in [0.717, 1.165) is 11.1 Å². The maximum absolute atomic E-state index is 13.7. The largest absolute Gasteiger partial charge is 0.494 e. The lowest BCUT2D eigenvalue weighted by molar-refractivity contribution is 0.385. The number of pyridine rings is 1. The van der Waals surface area contributed by atoms with E-state index in [1.807, 2.05) is 19.1 Å². The van der Waals surface area contributed by atoms with E-state index >= 15 is 0 Å². The highest BCUT2D eigenvalue weighted by Crippen LogP contribution is 2.30. The topological polar surface area (TPSA) is 48.1 Å². The van der Waals surface area contributed by atoms with E-state index in [1.54, 1.807) is 24.5 Å². The lowest BCUT2D eigenvalue weighted by atomic mass is 9.90. The SMILES string of the molecule is COc1ccc(C(N)C(C)c2ccncc2)cc1F. The fourth-order valence-electron chi connectivity index (χ4n) is 2.05. The third-order valence-electron chi connectivity index (χ3n) is 3.33. The standard InChI is InChI=1S/C15H17FN2O/c1-10(11-5-7-18-8-6-11)15(17)12-3-4-14(19-2)13(16)9-12/h3-10,15H,17H2,1-2H3. The quantitative estimate of drug-likeness (QED) is 0.919. The Labute approximate surface area is 112 Å². The molecule has 0 saturated carbocycles. The molecule has 0 aliphatic heterocycles. The normalized spacial score (nSPS) is 13.9. The summed E-state index contributed by atoms with van der Waals surface area (Å²) in [6.45, 7) is 2.02. The molecule has 0 aliphatic rings. The number of ether oxygens (including phenoxy) is 1. The summed E-state index contributed by atoms with van der Waals surface area (Å²) in [5.74, 6) is -0.0827. The molecule has 3 nitrogen and oxygen atoms in total. The number of nitrogens with zero attached hydrogens (tertiary/aromatic N) is 1. The first-order valence-electron chi connectivity index (χ1n) is 6.12. The maximum Gasteiger partial charge on any atom is 0.165 e. The van der Waals surface area contributed by atoms with Crippen molar-refractivity contribution < 1.29 is 9.13 Å². The van der Waals surface area contributed by atoms with Crippen LogP contribution in [0.1, 0.15) is 30.0 Å². The minimum absolute atomic E-state index is 0.0794. The number of hydrogen-bond acceptors (Lipinski definition) is 3. The fourth-order valence-corrected chi connectivity index (χ4v) is 2.05. The number of methoxy groups -OCH3 is 1. The van der Waals surface area contributed by atoms with Gasteiger partial charge in [-0.05, 0) is 35.4 Å². The second-order valence-corrected chi connectivity index (χ2v) is 4.49. The van der Waals surface area contributed by atoms with Crippen LogP contribution in [0.4, 0.5) is 4.39 Å².